The van der Waals surface area contributed by atoms with Crippen molar-refractivity contribution >= 4 is 43.9 Å². The highest BCUT2D eigenvalue weighted by molar-refractivity contribution is 6.15. The second-order valence-electron chi connectivity index (χ2n) is 7.01. The molecule has 0 saturated heterocycles. The fraction of sp³-hybridized carbons (Fsp3) is 0.0400. The molecule has 0 aliphatic heterocycles. The Kier molecular flexibility index (Phi) is 2.84. The maximum Gasteiger partial charge on any atom is 0.143 e. The zero-order chi connectivity index (χ0) is 18.0. The molecule has 0 saturated carbocycles. The van der Waals surface area contributed by atoms with Crippen molar-refractivity contribution in [1.82, 2.24) is 0 Å². The van der Waals surface area contributed by atoms with Crippen molar-refractivity contribution in [3.63, 3.8) is 0 Å². The fourth-order valence-electron chi connectivity index (χ4n) is 4.17. The molecule has 27 heavy (non-hydrogen) atoms. The fourth-order valence-corrected chi connectivity index (χ4v) is 4.17. The number of hydrogen-bond donors (Lipinski definition) is 0. The summed E-state index contributed by atoms with van der Waals surface area (Å²) >= 11 is 0. The molecule has 0 unspecified atom stereocenters. The third-order valence-electron chi connectivity index (χ3n) is 5.43. The molecule has 0 fully saturated rings. The average molecular weight is 348 g/mol. The Morgan fingerprint density at radius 3 is 2.00 bits per heavy atom. The van der Waals surface area contributed by atoms with Crippen LogP contribution in [0.25, 0.3) is 55.0 Å². The zero-order valence-electron chi connectivity index (χ0n) is 14.8. The highest BCUT2D eigenvalue weighted by Crippen LogP contribution is 2.41. The molecule has 2 heterocycles. The lowest BCUT2D eigenvalue weighted by Gasteiger charge is -2.05. The van der Waals surface area contributed by atoms with Gasteiger partial charge in [-0.05, 0) is 24.6 Å². The lowest BCUT2D eigenvalue weighted by atomic mass is 9.97. The molecule has 0 aliphatic rings. The topological polar surface area (TPSA) is 26.3 Å². The van der Waals surface area contributed by atoms with E-state index in [0.717, 1.165) is 49.6 Å². The van der Waals surface area contributed by atoms with E-state index in [2.05, 4.69) is 55.5 Å². The molecule has 6 aromatic rings. The molecule has 128 valence electrons. The second kappa shape index (κ2) is 5.24. The van der Waals surface area contributed by atoms with Gasteiger partial charge in [-0.15, -0.1) is 0 Å². The summed E-state index contributed by atoms with van der Waals surface area (Å²) in [5.41, 5.74) is 7.00. The van der Waals surface area contributed by atoms with Crippen molar-refractivity contribution in [3.05, 3.63) is 84.4 Å². The molecule has 2 nitrogen and oxygen atoms in total. The lowest BCUT2D eigenvalue weighted by Crippen LogP contribution is -1.82. The van der Waals surface area contributed by atoms with Gasteiger partial charge in [0.25, 0.3) is 0 Å². The van der Waals surface area contributed by atoms with Crippen LogP contribution in [-0.4, -0.2) is 0 Å². The first-order valence-electron chi connectivity index (χ1n) is 9.13. The Morgan fingerprint density at radius 2 is 1.15 bits per heavy atom. The van der Waals surface area contributed by atoms with Crippen LogP contribution >= 0.6 is 0 Å². The van der Waals surface area contributed by atoms with E-state index in [1.165, 1.54) is 10.9 Å². The van der Waals surface area contributed by atoms with Crippen molar-refractivity contribution < 1.29 is 8.83 Å². The number of benzene rings is 4. The first kappa shape index (κ1) is 14.6. The highest BCUT2D eigenvalue weighted by atomic mass is 16.3. The van der Waals surface area contributed by atoms with E-state index in [1.807, 2.05) is 30.3 Å². The summed E-state index contributed by atoms with van der Waals surface area (Å²) in [4.78, 5) is 0. The van der Waals surface area contributed by atoms with Crippen molar-refractivity contribution in [3.8, 4) is 11.1 Å². The maximum atomic E-state index is 6.30. The SMILES string of the molecule is Cc1ccc(-c2cccc3c2oc2ccccc23)c2oc3ccccc3c12. The Balaban J connectivity index is 1.77. The van der Waals surface area contributed by atoms with Gasteiger partial charge in [-0.2, -0.15) is 0 Å². The quantitative estimate of drug-likeness (QED) is 0.308. The average Bonchev–Trinajstić information content (AvgIpc) is 3.27. The Labute approximate surface area is 155 Å². The number of hydrogen-bond acceptors (Lipinski definition) is 2. The van der Waals surface area contributed by atoms with Gasteiger partial charge in [0.2, 0.25) is 0 Å². The molecule has 0 bridgehead atoms. The van der Waals surface area contributed by atoms with Crippen molar-refractivity contribution in [2.75, 3.05) is 0 Å². The monoisotopic (exact) mass is 348 g/mol. The predicted molar refractivity (Wildman–Crippen MR) is 111 cm³/mol. The van der Waals surface area contributed by atoms with E-state index in [4.69, 9.17) is 8.83 Å². The molecule has 0 spiro atoms. The van der Waals surface area contributed by atoms with E-state index < -0.39 is 0 Å². The molecule has 2 aromatic heterocycles. The molecular formula is C25H16O2. The predicted octanol–water partition coefficient (Wildman–Crippen LogP) is 7.46. The summed E-state index contributed by atoms with van der Waals surface area (Å²) in [6.45, 7) is 2.13. The van der Waals surface area contributed by atoms with E-state index in [-0.39, 0.29) is 0 Å². The minimum absolute atomic E-state index is 0.907. The van der Waals surface area contributed by atoms with Gasteiger partial charge in [0.1, 0.15) is 22.3 Å². The number of rotatable bonds is 1. The molecule has 0 N–H and O–H groups in total. The van der Waals surface area contributed by atoms with Gasteiger partial charge in [-0.25, -0.2) is 0 Å². The van der Waals surface area contributed by atoms with Crippen LogP contribution in [0.2, 0.25) is 0 Å². The molecule has 0 amide bonds. The van der Waals surface area contributed by atoms with E-state index in [9.17, 15) is 0 Å². The summed E-state index contributed by atoms with van der Waals surface area (Å²) in [7, 11) is 0. The van der Waals surface area contributed by atoms with Gasteiger partial charge in [0.05, 0.1) is 0 Å². The molecule has 4 aromatic carbocycles. The van der Waals surface area contributed by atoms with Gasteiger partial charge >= 0.3 is 0 Å². The van der Waals surface area contributed by atoms with Crippen molar-refractivity contribution in [2.24, 2.45) is 0 Å². The van der Waals surface area contributed by atoms with Crippen LogP contribution in [0, 0.1) is 6.92 Å². The van der Waals surface area contributed by atoms with E-state index >= 15 is 0 Å². The minimum Gasteiger partial charge on any atom is -0.455 e. The Hall–Kier alpha value is -3.52. The van der Waals surface area contributed by atoms with Gasteiger partial charge in [-0.3, -0.25) is 0 Å². The molecule has 0 atom stereocenters. The molecule has 0 radical (unpaired) electrons. The maximum absolute atomic E-state index is 6.30. The number of furan rings is 2. The Morgan fingerprint density at radius 1 is 0.519 bits per heavy atom. The number of fused-ring (bicyclic) bond motifs is 6. The number of aryl methyl sites for hydroxylation is 1. The highest BCUT2D eigenvalue weighted by Gasteiger charge is 2.18. The van der Waals surface area contributed by atoms with Crippen LogP contribution < -0.4 is 0 Å². The molecule has 6 rings (SSSR count). The van der Waals surface area contributed by atoms with Crippen LogP contribution in [0.4, 0.5) is 0 Å². The first-order valence-corrected chi connectivity index (χ1v) is 9.13. The third kappa shape index (κ3) is 1.95. The standard InChI is InChI=1S/C25H16O2/c1-15-13-14-19(25-23(15)20-8-3-5-12-22(20)27-25)18-10-6-9-17-16-7-2-4-11-21(16)26-24(17)18/h2-14H,1H3. The lowest BCUT2D eigenvalue weighted by molar-refractivity contribution is 0.665. The normalized spacial score (nSPS) is 11.9. The first-order chi connectivity index (χ1) is 13.3. The smallest absolute Gasteiger partial charge is 0.143 e. The molecule has 2 heteroatoms. The van der Waals surface area contributed by atoms with Gasteiger partial charge in [0.15, 0.2) is 0 Å². The largest absolute Gasteiger partial charge is 0.455 e. The van der Waals surface area contributed by atoms with Gasteiger partial charge in [0, 0.05) is 32.7 Å². The van der Waals surface area contributed by atoms with Crippen molar-refractivity contribution in [1.29, 1.82) is 0 Å². The summed E-state index contributed by atoms with van der Waals surface area (Å²) in [6.07, 6.45) is 0. The summed E-state index contributed by atoms with van der Waals surface area (Å²) in [5.74, 6) is 0. The van der Waals surface area contributed by atoms with Crippen LogP contribution in [0.3, 0.4) is 0 Å². The second-order valence-corrected chi connectivity index (χ2v) is 7.01. The van der Waals surface area contributed by atoms with E-state index in [1.54, 1.807) is 0 Å². The van der Waals surface area contributed by atoms with E-state index in [0.29, 0.717) is 0 Å². The summed E-state index contributed by atoms with van der Waals surface area (Å²) in [6, 6.07) is 27.0. The molecular weight excluding hydrogens is 332 g/mol. The van der Waals surface area contributed by atoms with Crippen LogP contribution in [0.5, 0.6) is 0 Å². The summed E-state index contributed by atoms with van der Waals surface area (Å²) in [5, 5.41) is 4.61. The minimum atomic E-state index is 0.907. The van der Waals surface area contributed by atoms with Gasteiger partial charge < -0.3 is 8.83 Å². The van der Waals surface area contributed by atoms with Crippen LogP contribution in [-0.2, 0) is 0 Å². The van der Waals surface area contributed by atoms with Crippen molar-refractivity contribution in [2.45, 2.75) is 6.92 Å². The zero-order valence-corrected chi connectivity index (χ0v) is 14.8. The summed E-state index contributed by atoms with van der Waals surface area (Å²) < 4.78 is 12.5. The Bertz CT molecular complexity index is 1480. The molecule has 0 aliphatic carbocycles. The third-order valence-corrected chi connectivity index (χ3v) is 5.43. The van der Waals surface area contributed by atoms with Crippen LogP contribution in [0.15, 0.2) is 87.7 Å². The number of para-hydroxylation sites is 3. The van der Waals surface area contributed by atoms with Gasteiger partial charge in [-0.1, -0.05) is 66.7 Å². The van der Waals surface area contributed by atoms with Crippen LogP contribution in [0.1, 0.15) is 5.56 Å².